The van der Waals surface area contributed by atoms with Gasteiger partial charge in [-0.25, -0.2) is 0 Å². The molecule has 0 aliphatic rings. The molecule has 2 nitrogen and oxygen atoms in total. The molecule has 0 aromatic carbocycles. The summed E-state index contributed by atoms with van der Waals surface area (Å²) in [7, 11) is 0. The van der Waals surface area contributed by atoms with Gasteiger partial charge in [0.2, 0.25) is 0 Å². The highest BCUT2D eigenvalue weighted by Crippen LogP contribution is 1.71. The number of hydrogen-bond acceptors (Lipinski definition) is 2. The van der Waals surface area contributed by atoms with Crippen LogP contribution in [-0.2, 0) is 0 Å². The molecule has 3 N–H and O–H groups in total. The van der Waals surface area contributed by atoms with Crippen LogP contribution in [0.3, 0.4) is 0 Å². The van der Waals surface area contributed by atoms with Crippen LogP contribution < -0.4 is 11.3 Å². The van der Waals surface area contributed by atoms with Crippen molar-refractivity contribution in [2.75, 3.05) is 0 Å². The van der Waals surface area contributed by atoms with E-state index in [0.29, 0.717) is 0 Å². The van der Waals surface area contributed by atoms with Crippen molar-refractivity contribution in [3.05, 3.63) is 12.3 Å². The SMILES string of the molecule is CC/C=C/NN. The lowest BCUT2D eigenvalue weighted by molar-refractivity contribution is 0.956. The van der Waals surface area contributed by atoms with Crippen molar-refractivity contribution >= 4 is 0 Å². The molecule has 0 rings (SSSR count). The van der Waals surface area contributed by atoms with Crippen LogP contribution in [0.4, 0.5) is 0 Å². The van der Waals surface area contributed by atoms with Gasteiger partial charge in [-0.15, -0.1) is 0 Å². The number of rotatable bonds is 2. The summed E-state index contributed by atoms with van der Waals surface area (Å²) < 4.78 is 0. The summed E-state index contributed by atoms with van der Waals surface area (Å²) in [6, 6.07) is 0. The Morgan fingerprint density at radius 1 is 1.83 bits per heavy atom. The minimum absolute atomic E-state index is 1.03. The molecule has 36 valence electrons. The topological polar surface area (TPSA) is 38.0 Å². The third kappa shape index (κ3) is 3.50. The predicted molar refractivity (Wildman–Crippen MR) is 26.8 cm³/mol. The van der Waals surface area contributed by atoms with Crippen molar-refractivity contribution in [1.29, 1.82) is 0 Å². The van der Waals surface area contributed by atoms with Gasteiger partial charge in [-0.2, -0.15) is 0 Å². The monoisotopic (exact) mass is 86.1 g/mol. The fourth-order valence-electron chi connectivity index (χ4n) is 0.186. The van der Waals surface area contributed by atoms with E-state index in [0.717, 1.165) is 6.42 Å². The second kappa shape index (κ2) is 4.50. The van der Waals surface area contributed by atoms with Gasteiger partial charge in [0.05, 0.1) is 0 Å². The number of hydrazine groups is 1. The number of hydrogen-bond donors (Lipinski definition) is 2. The molecule has 0 unspecified atom stereocenters. The fourth-order valence-corrected chi connectivity index (χ4v) is 0.186. The molecule has 0 aromatic rings. The standard InChI is InChI=1S/C4H10N2/c1-2-3-4-6-5/h3-4,6H,2,5H2,1H3/b4-3+. The van der Waals surface area contributed by atoms with Gasteiger partial charge in [-0.05, 0) is 6.42 Å². The predicted octanol–water partition coefficient (Wildman–Crippen LogP) is 0.373. The zero-order valence-electron chi connectivity index (χ0n) is 3.94. The lowest BCUT2D eigenvalue weighted by atomic mass is 10.5. The Hall–Kier alpha value is -0.500. The van der Waals surface area contributed by atoms with Crippen LogP contribution >= 0.6 is 0 Å². The van der Waals surface area contributed by atoms with Gasteiger partial charge in [0, 0.05) is 6.20 Å². The van der Waals surface area contributed by atoms with Crippen molar-refractivity contribution in [3.63, 3.8) is 0 Å². The maximum atomic E-state index is 4.88. The summed E-state index contributed by atoms with van der Waals surface area (Å²) in [4.78, 5) is 0. The summed E-state index contributed by atoms with van der Waals surface area (Å²) in [6.45, 7) is 2.05. The van der Waals surface area contributed by atoms with E-state index in [1.54, 1.807) is 6.20 Å². The molecule has 0 fully saturated rings. The van der Waals surface area contributed by atoms with Crippen molar-refractivity contribution < 1.29 is 0 Å². The third-order valence-electron chi connectivity index (χ3n) is 0.450. The molecule has 0 aliphatic heterocycles. The van der Waals surface area contributed by atoms with Gasteiger partial charge < -0.3 is 5.43 Å². The van der Waals surface area contributed by atoms with E-state index in [2.05, 4.69) is 5.43 Å². The average molecular weight is 86.1 g/mol. The first-order valence-electron chi connectivity index (χ1n) is 2.03. The number of nitrogens with one attached hydrogen (secondary N) is 1. The van der Waals surface area contributed by atoms with Crippen molar-refractivity contribution in [3.8, 4) is 0 Å². The lowest BCUT2D eigenvalue weighted by Gasteiger charge is -1.79. The Bertz CT molecular complexity index is 34.8. The van der Waals surface area contributed by atoms with Crippen molar-refractivity contribution in [2.45, 2.75) is 13.3 Å². The van der Waals surface area contributed by atoms with Gasteiger partial charge in [0.15, 0.2) is 0 Å². The Balaban J connectivity index is 2.73. The minimum Gasteiger partial charge on any atom is -0.332 e. The first-order chi connectivity index (χ1) is 2.91. The van der Waals surface area contributed by atoms with E-state index in [1.165, 1.54) is 0 Å². The molecular weight excluding hydrogens is 76.1 g/mol. The highest BCUT2D eigenvalue weighted by Gasteiger charge is 1.57. The summed E-state index contributed by atoms with van der Waals surface area (Å²) in [5.74, 6) is 4.88. The zero-order chi connectivity index (χ0) is 4.83. The van der Waals surface area contributed by atoms with Crippen LogP contribution in [0.25, 0.3) is 0 Å². The summed E-state index contributed by atoms with van der Waals surface area (Å²) in [6.07, 6.45) is 4.68. The largest absolute Gasteiger partial charge is 0.332 e. The third-order valence-corrected chi connectivity index (χ3v) is 0.450. The van der Waals surface area contributed by atoms with E-state index in [9.17, 15) is 0 Å². The second-order valence-corrected chi connectivity index (χ2v) is 0.977. The maximum absolute atomic E-state index is 4.88. The molecule has 0 radical (unpaired) electrons. The van der Waals surface area contributed by atoms with Crippen LogP contribution in [0.15, 0.2) is 12.3 Å². The molecule has 0 saturated carbocycles. The summed E-state index contributed by atoms with van der Waals surface area (Å²) in [5, 5.41) is 0. The molecular formula is C4H10N2. The molecule has 0 amide bonds. The van der Waals surface area contributed by atoms with E-state index in [4.69, 9.17) is 5.84 Å². The van der Waals surface area contributed by atoms with Crippen LogP contribution in [0.2, 0.25) is 0 Å². The van der Waals surface area contributed by atoms with Crippen LogP contribution in [0.1, 0.15) is 13.3 Å². The van der Waals surface area contributed by atoms with Crippen LogP contribution in [-0.4, -0.2) is 0 Å². The molecule has 0 bridgehead atoms. The molecule has 0 heterocycles. The molecule has 2 heteroatoms. The van der Waals surface area contributed by atoms with Gasteiger partial charge >= 0.3 is 0 Å². The van der Waals surface area contributed by atoms with E-state index < -0.39 is 0 Å². The van der Waals surface area contributed by atoms with Crippen LogP contribution in [0.5, 0.6) is 0 Å². The molecule has 0 aliphatic carbocycles. The average Bonchev–Trinajstić information content (AvgIpc) is 1.61. The Morgan fingerprint density at radius 2 is 2.50 bits per heavy atom. The molecule has 0 saturated heterocycles. The van der Waals surface area contributed by atoms with Gasteiger partial charge in [0.25, 0.3) is 0 Å². The van der Waals surface area contributed by atoms with Gasteiger partial charge in [0.1, 0.15) is 0 Å². The Kier molecular flexibility index (Phi) is 4.12. The summed E-state index contributed by atoms with van der Waals surface area (Å²) >= 11 is 0. The molecule has 0 spiro atoms. The van der Waals surface area contributed by atoms with Crippen molar-refractivity contribution in [1.82, 2.24) is 5.43 Å². The van der Waals surface area contributed by atoms with Crippen molar-refractivity contribution in [2.24, 2.45) is 5.84 Å². The molecule has 0 aromatic heterocycles. The van der Waals surface area contributed by atoms with Gasteiger partial charge in [-0.3, -0.25) is 5.84 Å². The molecule has 6 heavy (non-hydrogen) atoms. The fraction of sp³-hybridized carbons (Fsp3) is 0.500. The Labute approximate surface area is 38.0 Å². The Morgan fingerprint density at radius 3 is 2.67 bits per heavy atom. The van der Waals surface area contributed by atoms with E-state index >= 15 is 0 Å². The quantitative estimate of drug-likeness (QED) is 0.376. The van der Waals surface area contributed by atoms with E-state index in [-0.39, 0.29) is 0 Å². The summed E-state index contributed by atoms with van der Waals surface area (Å²) in [5.41, 5.74) is 2.39. The smallest absolute Gasteiger partial charge is 0.00825 e. The van der Waals surface area contributed by atoms with Gasteiger partial charge in [-0.1, -0.05) is 13.0 Å². The lowest BCUT2D eigenvalue weighted by Crippen LogP contribution is -2.12. The highest BCUT2D eigenvalue weighted by atomic mass is 15.2. The normalized spacial score (nSPS) is 9.67. The minimum atomic E-state index is 1.03. The maximum Gasteiger partial charge on any atom is 0.00825 e. The molecule has 0 atom stereocenters. The first kappa shape index (κ1) is 5.50. The van der Waals surface area contributed by atoms with E-state index in [1.807, 2.05) is 13.0 Å². The highest BCUT2D eigenvalue weighted by molar-refractivity contribution is 4.74. The number of allylic oxidation sites excluding steroid dienone is 1. The number of nitrogens with two attached hydrogens (primary N) is 1. The van der Waals surface area contributed by atoms with Crippen LogP contribution in [0, 0.1) is 0 Å². The second-order valence-electron chi connectivity index (χ2n) is 0.977. The first-order valence-corrected chi connectivity index (χ1v) is 2.03. The zero-order valence-corrected chi connectivity index (χ0v) is 3.94.